The van der Waals surface area contributed by atoms with Crippen molar-refractivity contribution in [1.29, 1.82) is 0 Å². The summed E-state index contributed by atoms with van der Waals surface area (Å²) in [5.41, 5.74) is 5.02. The molecular weight excluding hydrogens is 458 g/mol. The van der Waals surface area contributed by atoms with Gasteiger partial charge in [0.1, 0.15) is 30.0 Å². The van der Waals surface area contributed by atoms with E-state index in [4.69, 9.17) is 21.1 Å². The second kappa shape index (κ2) is 9.96. The molecule has 1 unspecified atom stereocenters. The first-order valence-corrected chi connectivity index (χ1v) is 12.7. The number of phenolic OH excluding ortho intramolecular Hbond substituents is 1. The Kier molecular flexibility index (Phi) is 6.77. The van der Waals surface area contributed by atoms with Gasteiger partial charge in [0.15, 0.2) is 0 Å². The van der Waals surface area contributed by atoms with Crippen LogP contribution in [0.25, 0.3) is 11.1 Å². The lowest BCUT2D eigenvalue weighted by Gasteiger charge is -2.31. The largest absolute Gasteiger partial charge is 0.508 e. The Balaban J connectivity index is 1.41. The number of allylic oxidation sites excluding steroid dienone is 1. The average Bonchev–Trinajstić information content (AvgIpc) is 3.29. The van der Waals surface area contributed by atoms with Crippen molar-refractivity contribution in [3.63, 3.8) is 0 Å². The van der Waals surface area contributed by atoms with Gasteiger partial charge in [0.05, 0.1) is 0 Å². The van der Waals surface area contributed by atoms with Crippen molar-refractivity contribution in [1.82, 2.24) is 4.90 Å². The van der Waals surface area contributed by atoms with Crippen LogP contribution >= 0.6 is 11.6 Å². The zero-order chi connectivity index (χ0) is 24.5. The molecule has 3 atom stereocenters. The van der Waals surface area contributed by atoms with E-state index in [1.165, 1.54) is 6.42 Å². The summed E-state index contributed by atoms with van der Waals surface area (Å²) >= 11 is 6.34. The number of benzene rings is 3. The van der Waals surface area contributed by atoms with Crippen molar-refractivity contribution in [2.45, 2.75) is 39.3 Å². The third kappa shape index (κ3) is 5.05. The van der Waals surface area contributed by atoms with E-state index in [0.29, 0.717) is 17.7 Å². The maximum Gasteiger partial charge on any atom is 0.150 e. The number of ether oxygens (including phenoxy) is 2. The second-order valence-electron chi connectivity index (χ2n) is 9.85. The number of nitrogens with zero attached hydrogens (tertiary/aromatic N) is 1. The Morgan fingerprint density at radius 1 is 1.11 bits per heavy atom. The van der Waals surface area contributed by atoms with Gasteiger partial charge >= 0.3 is 0 Å². The standard InChI is InChI=1S/C30H32ClNO3/c1-19-13-14-32(17-19)20(2)18-34-26-10-7-22(8-11-26)30-29(23-5-4-6-24(31)15-23)21(3)27-16-25(33)9-12-28(27)35-30/h4-12,15-16,19-20,30,33H,13-14,17-18H2,1-3H3/t19-,20+,30?/m1/s1. The number of rotatable bonds is 6. The summed E-state index contributed by atoms with van der Waals surface area (Å²) in [4.78, 5) is 2.51. The molecule has 1 saturated heterocycles. The number of aromatic hydroxyl groups is 1. The van der Waals surface area contributed by atoms with Crippen LogP contribution in [0.2, 0.25) is 5.02 Å². The highest BCUT2D eigenvalue weighted by molar-refractivity contribution is 6.30. The summed E-state index contributed by atoms with van der Waals surface area (Å²) in [5, 5.41) is 10.8. The van der Waals surface area contributed by atoms with E-state index in [1.807, 2.05) is 42.5 Å². The van der Waals surface area contributed by atoms with Crippen LogP contribution in [0.3, 0.4) is 0 Å². The monoisotopic (exact) mass is 489 g/mol. The van der Waals surface area contributed by atoms with Crippen LogP contribution in [0.1, 0.15) is 50.0 Å². The van der Waals surface area contributed by atoms with Gasteiger partial charge in [-0.3, -0.25) is 4.90 Å². The summed E-state index contributed by atoms with van der Waals surface area (Å²) in [6.07, 6.45) is 0.968. The maximum absolute atomic E-state index is 10.1. The summed E-state index contributed by atoms with van der Waals surface area (Å²) < 4.78 is 12.6. The number of fused-ring (bicyclic) bond motifs is 1. The number of phenols is 1. The molecule has 0 radical (unpaired) electrons. The van der Waals surface area contributed by atoms with Crippen LogP contribution in [0.15, 0.2) is 66.7 Å². The van der Waals surface area contributed by atoms with Gasteiger partial charge in [-0.2, -0.15) is 0 Å². The highest BCUT2D eigenvalue weighted by atomic mass is 35.5. The molecule has 0 saturated carbocycles. The smallest absolute Gasteiger partial charge is 0.150 e. The fraction of sp³-hybridized carbons (Fsp3) is 0.333. The molecule has 3 aromatic carbocycles. The van der Waals surface area contributed by atoms with Gasteiger partial charge in [0.25, 0.3) is 0 Å². The second-order valence-corrected chi connectivity index (χ2v) is 10.3. The molecule has 0 spiro atoms. The lowest BCUT2D eigenvalue weighted by Crippen LogP contribution is -2.35. The Morgan fingerprint density at radius 2 is 1.91 bits per heavy atom. The highest BCUT2D eigenvalue weighted by Crippen LogP contribution is 2.47. The normalized spacial score (nSPS) is 20.9. The van der Waals surface area contributed by atoms with Crippen molar-refractivity contribution < 1.29 is 14.6 Å². The molecule has 182 valence electrons. The zero-order valence-electron chi connectivity index (χ0n) is 20.5. The predicted molar refractivity (Wildman–Crippen MR) is 142 cm³/mol. The van der Waals surface area contributed by atoms with E-state index in [0.717, 1.165) is 58.3 Å². The minimum absolute atomic E-state index is 0.217. The molecule has 5 rings (SSSR count). The summed E-state index contributed by atoms with van der Waals surface area (Å²) in [5.74, 6) is 2.60. The molecule has 35 heavy (non-hydrogen) atoms. The molecule has 0 bridgehead atoms. The van der Waals surface area contributed by atoms with Crippen LogP contribution in [0, 0.1) is 5.92 Å². The summed E-state index contributed by atoms with van der Waals surface area (Å²) in [6.45, 7) is 9.61. The molecule has 0 amide bonds. The molecule has 2 aliphatic heterocycles. The van der Waals surface area contributed by atoms with E-state index in [9.17, 15) is 5.11 Å². The van der Waals surface area contributed by atoms with Crippen LogP contribution in [-0.2, 0) is 0 Å². The van der Waals surface area contributed by atoms with Crippen LogP contribution < -0.4 is 9.47 Å². The fourth-order valence-electron chi connectivity index (χ4n) is 5.13. The SMILES string of the molecule is CC1=C(c2cccc(Cl)c2)C(c2ccc(OC[C@H](C)N3CC[C@@H](C)C3)cc2)Oc2ccc(O)cc21. The number of likely N-dealkylation sites (tertiary alicyclic amines) is 1. The quantitative estimate of drug-likeness (QED) is 0.397. The van der Waals surface area contributed by atoms with Crippen molar-refractivity contribution in [2.24, 2.45) is 5.92 Å². The molecule has 3 aromatic rings. The number of hydrogen-bond donors (Lipinski definition) is 1. The van der Waals surface area contributed by atoms with Crippen molar-refractivity contribution in [3.8, 4) is 17.2 Å². The third-order valence-electron chi connectivity index (χ3n) is 7.17. The van der Waals surface area contributed by atoms with Crippen molar-refractivity contribution >= 4 is 22.7 Å². The van der Waals surface area contributed by atoms with Gasteiger partial charge in [0, 0.05) is 28.7 Å². The molecule has 2 aliphatic rings. The predicted octanol–water partition coefficient (Wildman–Crippen LogP) is 7.22. The minimum Gasteiger partial charge on any atom is -0.508 e. The van der Waals surface area contributed by atoms with Crippen molar-refractivity contribution in [2.75, 3.05) is 19.7 Å². The average molecular weight is 490 g/mol. The molecular formula is C30H32ClNO3. The fourth-order valence-corrected chi connectivity index (χ4v) is 5.32. The Bertz CT molecular complexity index is 1240. The topological polar surface area (TPSA) is 41.9 Å². The van der Waals surface area contributed by atoms with E-state index in [2.05, 4.69) is 37.8 Å². The molecule has 2 heterocycles. The first-order valence-electron chi connectivity index (χ1n) is 12.3. The van der Waals surface area contributed by atoms with Gasteiger partial charge in [-0.05, 0) is 91.9 Å². The van der Waals surface area contributed by atoms with Gasteiger partial charge in [-0.1, -0.05) is 42.8 Å². The van der Waals surface area contributed by atoms with E-state index in [-0.39, 0.29) is 11.9 Å². The molecule has 4 nitrogen and oxygen atoms in total. The Morgan fingerprint density at radius 3 is 2.63 bits per heavy atom. The summed E-state index contributed by atoms with van der Waals surface area (Å²) in [7, 11) is 0. The van der Waals surface area contributed by atoms with E-state index < -0.39 is 0 Å². The van der Waals surface area contributed by atoms with Gasteiger partial charge in [-0.25, -0.2) is 0 Å². The van der Waals surface area contributed by atoms with E-state index >= 15 is 0 Å². The first kappa shape index (κ1) is 23.8. The summed E-state index contributed by atoms with van der Waals surface area (Å²) in [6, 6.07) is 21.7. The molecule has 0 aliphatic carbocycles. The molecule has 1 fully saturated rings. The van der Waals surface area contributed by atoms with E-state index in [1.54, 1.807) is 12.1 Å². The number of hydrogen-bond acceptors (Lipinski definition) is 4. The van der Waals surface area contributed by atoms with Gasteiger partial charge in [0.2, 0.25) is 0 Å². The minimum atomic E-state index is -0.301. The van der Waals surface area contributed by atoms with Crippen molar-refractivity contribution in [3.05, 3.63) is 88.4 Å². The zero-order valence-corrected chi connectivity index (χ0v) is 21.3. The van der Waals surface area contributed by atoms with Crippen LogP contribution in [0.4, 0.5) is 0 Å². The van der Waals surface area contributed by atoms with Crippen LogP contribution in [0.5, 0.6) is 17.2 Å². The molecule has 0 aromatic heterocycles. The lowest BCUT2D eigenvalue weighted by molar-refractivity contribution is 0.169. The number of halogens is 1. The van der Waals surface area contributed by atoms with Gasteiger partial charge < -0.3 is 14.6 Å². The first-order chi connectivity index (χ1) is 16.9. The van der Waals surface area contributed by atoms with Gasteiger partial charge in [-0.15, -0.1) is 0 Å². The molecule has 1 N–H and O–H groups in total. The Hall–Kier alpha value is -2.95. The lowest BCUT2D eigenvalue weighted by atomic mass is 9.86. The third-order valence-corrected chi connectivity index (χ3v) is 7.40. The Labute approximate surface area is 212 Å². The highest BCUT2D eigenvalue weighted by Gasteiger charge is 2.30. The van der Waals surface area contributed by atoms with Crippen LogP contribution in [-0.4, -0.2) is 35.7 Å². The maximum atomic E-state index is 10.1. The molecule has 5 heteroatoms.